The van der Waals surface area contributed by atoms with Crippen LogP contribution in [0.1, 0.15) is 11.1 Å². The first-order chi connectivity index (χ1) is 9.15. The van der Waals surface area contributed by atoms with E-state index in [9.17, 15) is 0 Å². The van der Waals surface area contributed by atoms with Crippen LogP contribution in [0.4, 0.5) is 0 Å². The van der Waals surface area contributed by atoms with E-state index >= 15 is 0 Å². The van der Waals surface area contributed by atoms with Crippen molar-refractivity contribution in [3.8, 4) is 5.75 Å². The number of rotatable bonds is 4. The lowest BCUT2D eigenvalue weighted by Gasteiger charge is -2.10. The Labute approximate surface area is 138 Å². The van der Waals surface area contributed by atoms with Crippen molar-refractivity contribution in [2.24, 2.45) is 0 Å². The van der Waals surface area contributed by atoms with Crippen molar-refractivity contribution in [1.82, 2.24) is 0 Å². The SMILES string of the molecule is BrC(Br)=Cc1ccc(Br)cc1OCc1ccccc1. The van der Waals surface area contributed by atoms with Crippen LogP contribution < -0.4 is 4.74 Å². The van der Waals surface area contributed by atoms with Gasteiger partial charge in [0.05, 0.1) is 3.39 Å². The second-order valence-corrected chi connectivity index (χ2v) is 7.58. The Kier molecular flexibility index (Phi) is 5.67. The van der Waals surface area contributed by atoms with Gasteiger partial charge in [0.15, 0.2) is 0 Å². The predicted octanol–water partition coefficient (Wildman–Crippen LogP) is 6.12. The monoisotopic (exact) mass is 444 g/mol. The molecule has 0 radical (unpaired) electrons. The fraction of sp³-hybridized carbons (Fsp3) is 0.0667. The topological polar surface area (TPSA) is 9.23 Å². The summed E-state index contributed by atoms with van der Waals surface area (Å²) in [5, 5.41) is 0. The number of hydrogen-bond donors (Lipinski definition) is 0. The summed E-state index contributed by atoms with van der Waals surface area (Å²) in [6.07, 6.45) is 1.97. The fourth-order valence-electron chi connectivity index (χ4n) is 1.61. The Bertz CT molecular complexity index is 575. The van der Waals surface area contributed by atoms with E-state index in [1.807, 2.05) is 54.6 Å². The van der Waals surface area contributed by atoms with Crippen molar-refractivity contribution in [3.05, 3.63) is 67.5 Å². The maximum Gasteiger partial charge on any atom is 0.128 e. The van der Waals surface area contributed by atoms with Gasteiger partial charge in [0.1, 0.15) is 12.4 Å². The molecule has 0 unspecified atom stereocenters. The van der Waals surface area contributed by atoms with Crippen LogP contribution in [-0.4, -0.2) is 0 Å². The maximum atomic E-state index is 5.89. The number of ether oxygens (including phenoxy) is 1. The van der Waals surface area contributed by atoms with Crippen molar-refractivity contribution >= 4 is 53.9 Å². The standard InChI is InChI=1S/C15H11Br3O/c16-13-7-6-12(8-15(17)18)14(9-13)19-10-11-4-2-1-3-5-11/h1-9H,10H2. The molecule has 0 spiro atoms. The number of benzene rings is 2. The Morgan fingerprint density at radius 3 is 2.47 bits per heavy atom. The highest BCUT2D eigenvalue weighted by atomic mass is 79.9. The molecular formula is C15H11Br3O. The molecule has 98 valence electrons. The van der Waals surface area contributed by atoms with E-state index in [-0.39, 0.29) is 0 Å². The van der Waals surface area contributed by atoms with Crippen LogP contribution in [0.15, 0.2) is 56.4 Å². The summed E-state index contributed by atoms with van der Waals surface area (Å²) in [6, 6.07) is 16.1. The van der Waals surface area contributed by atoms with E-state index in [4.69, 9.17) is 4.74 Å². The van der Waals surface area contributed by atoms with E-state index in [1.165, 1.54) is 0 Å². The molecule has 1 nitrogen and oxygen atoms in total. The Hall–Kier alpha value is -0.580. The van der Waals surface area contributed by atoms with E-state index in [2.05, 4.69) is 47.8 Å². The van der Waals surface area contributed by atoms with Gasteiger partial charge < -0.3 is 4.74 Å². The van der Waals surface area contributed by atoms with E-state index in [0.29, 0.717) is 6.61 Å². The van der Waals surface area contributed by atoms with Crippen molar-refractivity contribution in [3.63, 3.8) is 0 Å². The zero-order valence-electron chi connectivity index (χ0n) is 9.95. The van der Waals surface area contributed by atoms with Gasteiger partial charge in [-0.05, 0) is 55.6 Å². The second-order valence-electron chi connectivity index (χ2n) is 3.89. The minimum atomic E-state index is 0.554. The highest BCUT2D eigenvalue weighted by molar-refractivity contribution is 9.28. The third-order valence-electron chi connectivity index (χ3n) is 2.48. The average Bonchev–Trinajstić information content (AvgIpc) is 2.40. The lowest BCUT2D eigenvalue weighted by Crippen LogP contribution is -1.96. The van der Waals surface area contributed by atoms with Gasteiger partial charge in [-0.15, -0.1) is 0 Å². The minimum absolute atomic E-state index is 0.554. The Balaban J connectivity index is 2.19. The summed E-state index contributed by atoms with van der Waals surface area (Å²) in [6.45, 7) is 0.554. The molecule has 0 amide bonds. The van der Waals surface area contributed by atoms with Crippen LogP contribution in [0.25, 0.3) is 6.08 Å². The molecule has 0 fully saturated rings. The Morgan fingerprint density at radius 1 is 1.05 bits per heavy atom. The van der Waals surface area contributed by atoms with Crippen molar-refractivity contribution < 1.29 is 4.74 Å². The van der Waals surface area contributed by atoms with Crippen LogP contribution in [0, 0.1) is 0 Å². The number of hydrogen-bond acceptors (Lipinski definition) is 1. The lowest BCUT2D eigenvalue weighted by molar-refractivity contribution is 0.305. The third kappa shape index (κ3) is 4.79. The van der Waals surface area contributed by atoms with Crippen molar-refractivity contribution in [2.45, 2.75) is 6.61 Å². The quantitative estimate of drug-likeness (QED) is 0.550. The predicted molar refractivity (Wildman–Crippen MR) is 90.7 cm³/mol. The molecule has 0 bridgehead atoms. The highest BCUT2D eigenvalue weighted by Crippen LogP contribution is 2.29. The lowest BCUT2D eigenvalue weighted by atomic mass is 10.2. The molecule has 0 saturated heterocycles. The van der Waals surface area contributed by atoms with E-state index < -0.39 is 0 Å². The summed E-state index contributed by atoms with van der Waals surface area (Å²) in [4.78, 5) is 0. The molecule has 0 saturated carbocycles. The largest absolute Gasteiger partial charge is 0.488 e. The third-order valence-corrected chi connectivity index (χ3v) is 3.43. The first-order valence-electron chi connectivity index (χ1n) is 5.64. The summed E-state index contributed by atoms with van der Waals surface area (Å²) < 4.78 is 7.77. The summed E-state index contributed by atoms with van der Waals surface area (Å²) in [5.74, 6) is 0.842. The van der Waals surface area contributed by atoms with Gasteiger partial charge in [-0.25, -0.2) is 0 Å². The van der Waals surface area contributed by atoms with Crippen LogP contribution in [0.2, 0.25) is 0 Å². The summed E-state index contributed by atoms with van der Waals surface area (Å²) in [5.41, 5.74) is 2.16. The van der Waals surface area contributed by atoms with E-state index in [0.717, 1.165) is 24.7 Å². The molecule has 0 atom stereocenters. The van der Waals surface area contributed by atoms with Crippen LogP contribution in [-0.2, 0) is 6.61 Å². The van der Waals surface area contributed by atoms with E-state index in [1.54, 1.807) is 0 Å². The van der Waals surface area contributed by atoms with Gasteiger partial charge in [-0.3, -0.25) is 0 Å². The molecule has 2 rings (SSSR count). The molecular weight excluding hydrogens is 436 g/mol. The smallest absolute Gasteiger partial charge is 0.128 e. The molecule has 0 aliphatic carbocycles. The fourth-order valence-corrected chi connectivity index (χ4v) is 2.44. The van der Waals surface area contributed by atoms with Crippen LogP contribution >= 0.6 is 47.8 Å². The summed E-state index contributed by atoms with van der Waals surface area (Å²) in [7, 11) is 0. The van der Waals surface area contributed by atoms with Crippen molar-refractivity contribution in [2.75, 3.05) is 0 Å². The van der Waals surface area contributed by atoms with Gasteiger partial charge in [0.2, 0.25) is 0 Å². The molecule has 0 aliphatic rings. The van der Waals surface area contributed by atoms with Crippen molar-refractivity contribution in [1.29, 1.82) is 0 Å². The molecule has 0 aromatic heterocycles. The molecule has 0 aliphatic heterocycles. The molecule has 0 N–H and O–H groups in total. The maximum absolute atomic E-state index is 5.89. The summed E-state index contributed by atoms with van der Waals surface area (Å²) >= 11 is 10.2. The van der Waals surface area contributed by atoms with Gasteiger partial charge in [0.25, 0.3) is 0 Å². The first-order valence-corrected chi connectivity index (χ1v) is 8.02. The van der Waals surface area contributed by atoms with Gasteiger partial charge in [-0.2, -0.15) is 0 Å². The zero-order chi connectivity index (χ0) is 13.7. The molecule has 2 aromatic carbocycles. The van der Waals surface area contributed by atoms with Crippen LogP contribution in [0.3, 0.4) is 0 Å². The molecule has 4 heteroatoms. The van der Waals surface area contributed by atoms with Gasteiger partial charge in [0, 0.05) is 10.0 Å². The van der Waals surface area contributed by atoms with Gasteiger partial charge >= 0.3 is 0 Å². The molecule has 0 heterocycles. The zero-order valence-corrected chi connectivity index (χ0v) is 14.7. The molecule has 19 heavy (non-hydrogen) atoms. The van der Waals surface area contributed by atoms with Gasteiger partial charge in [-0.1, -0.05) is 52.3 Å². The molecule has 2 aromatic rings. The van der Waals surface area contributed by atoms with Crippen LogP contribution in [0.5, 0.6) is 5.75 Å². The number of halogens is 3. The second kappa shape index (κ2) is 7.27. The minimum Gasteiger partial charge on any atom is -0.488 e. The first kappa shape index (κ1) is 14.8. The normalized spacial score (nSPS) is 10.1. The highest BCUT2D eigenvalue weighted by Gasteiger charge is 2.04. The Morgan fingerprint density at radius 2 is 1.79 bits per heavy atom. The average molecular weight is 447 g/mol.